The van der Waals surface area contributed by atoms with Gasteiger partial charge in [-0.1, -0.05) is 211 Å². The maximum atomic E-state index is 2.51. The summed E-state index contributed by atoms with van der Waals surface area (Å²) in [7, 11) is 0. The van der Waals surface area contributed by atoms with E-state index in [9.17, 15) is 0 Å². The molecule has 0 N–H and O–H groups in total. The van der Waals surface area contributed by atoms with Gasteiger partial charge in [0.25, 0.3) is 0 Å². The molecule has 2 heteroatoms. The van der Waals surface area contributed by atoms with Crippen LogP contribution in [-0.4, -0.2) is 4.57 Å². The van der Waals surface area contributed by atoms with Crippen LogP contribution in [0.2, 0.25) is 0 Å². The zero-order valence-electron chi connectivity index (χ0n) is 39.7. The van der Waals surface area contributed by atoms with Crippen LogP contribution in [0.1, 0.15) is 52.7 Å². The van der Waals surface area contributed by atoms with Gasteiger partial charge >= 0.3 is 0 Å². The summed E-state index contributed by atoms with van der Waals surface area (Å²) in [5.41, 5.74) is 16.9. The fourth-order valence-electron chi connectivity index (χ4n) is 10.7. The Bertz CT molecular complexity index is 3790. The Kier molecular flexibility index (Phi) is 9.67. The average Bonchev–Trinajstić information content (AvgIpc) is 3.70. The van der Waals surface area contributed by atoms with E-state index in [0.717, 1.165) is 17.1 Å². The molecule has 0 amide bonds. The van der Waals surface area contributed by atoms with Crippen molar-refractivity contribution in [2.45, 2.75) is 52.4 Å². The highest BCUT2D eigenvalue weighted by atomic mass is 15.1. The van der Waals surface area contributed by atoms with Crippen LogP contribution >= 0.6 is 0 Å². The first-order valence-electron chi connectivity index (χ1n) is 24.0. The number of fused-ring (bicyclic) bond motifs is 3. The minimum absolute atomic E-state index is 0.0317. The molecule has 0 aliphatic rings. The standard InChI is InChI=1S/C66H54N2/c1-65(2,3)48-32-24-44(25-33-48)51-18-10-11-19-52(51)45-26-35-50(36-27-45)67(62-41-34-49(66(4,5)6)42-57(62)43-16-8-7-9-17-43)60-39-30-46-29-38-56-61(40-31-47-28-37-55(60)63(46)64(47)56)68-58-22-14-12-20-53(58)54-21-13-15-23-59(54)68/h7-42H,1-6H3. The second-order valence-electron chi connectivity index (χ2n) is 20.6. The van der Waals surface area contributed by atoms with E-state index in [1.807, 2.05) is 0 Å². The molecular weight excluding hydrogens is 821 g/mol. The van der Waals surface area contributed by atoms with Crippen molar-refractivity contribution in [2.75, 3.05) is 4.90 Å². The van der Waals surface area contributed by atoms with E-state index in [1.165, 1.54) is 104 Å². The Morgan fingerprint density at radius 1 is 0.338 bits per heavy atom. The minimum atomic E-state index is -0.0317. The molecule has 1 aromatic heterocycles. The number of aromatic nitrogens is 1. The van der Waals surface area contributed by atoms with E-state index in [2.05, 4.69) is 269 Å². The van der Waals surface area contributed by atoms with Crippen LogP contribution in [0.25, 0.3) is 93.2 Å². The first-order valence-corrected chi connectivity index (χ1v) is 24.0. The fourth-order valence-corrected chi connectivity index (χ4v) is 10.7. The van der Waals surface area contributed by atoms with Crippen LogP contribution in [0.3, 0.4) is 0 Å². The van der Waals surface area contributed by atoms with E-state index in [0.29, 0.717) is 0 Å². The summed E-state index contributed by atoms with van der Waals surface area (Å²) >= 11 is 0. The Labute approximate surface area is 399 Å². The lowest BCUT2D eigenvalue weighted by Gasteiger charge is -2.31. The van der Waals surface area contributed by atoms with Gasteiger partial charge in [0.15, 0.2) is 0 Å². The molecule has 0 aliphatic heterocycles. The SMILES string of the molecule is CC(C)(C)c1ccc(-c2ccccc2-c2ccc(N(c3ccc(C(C)(C)C)cc3-c3ccccc3)c3ccc4ccc5c(-n6c7ccccc7c7ccccc76)ccc6ccc3c4c65)cc2)cc1. The van der Waals surface area contributed by atoms with Gasteiger partial charge in [-0.05, 0) is 120 Å². The molecule has 12 rings (SSSR count). The minimum Gasteiger partial charge on any atom is -0.309 e. The van der Waals surface area contributed by atoms with Gasteiger partial charge in [0.05, 0.1) is 28.1 Å². The number of hydrogen-bond acceptors (Lipinski definition) is 1. The van der Waals surface area contributed by atoms with Crippen molar-refractivity contribution < 1.29 is 0 Å². The van der Waals surface area contributed by atoms with E-state index in [4.69, 9.17) is 0 Å². The first-order chi connectivity index (χ1) is 33.0. The summed E-state index contributed by atoms with van der Waals surface area (Å²) in [5, 5.41) is 10.0. The van der Waals surface area contributed by atoms with Gasteiger partial charge < -0.3 is 9.47 Å². The molecule has 0 spiro atoms. The van der Waals surface area contributed by atoms with Crippen molar-refractivity contribution in [1.82, 2.24) is 4.57 Å². The predicted molar refractivity (Wildman–Crippen MR) is 293 cm³/mol. The lowest BCUT2D eigenvalue weighted by molar-refractivity contribution is 0.590. The second kappa shape index (κ2) is 15.9. The Morgan fingerprint density at radius 2 is 0.809 bits per heavy atom. The first kappa shape index (κ1) is 41.5. The van der Waals surface area contributed by atoms with Crippen LogP contribution in [0.4, 0.5) is 17.1 Å². The molecule has 0 aliphatic carbocycles. The molecule has 2 nitrogen and oxygen atoms in total. The molecule has 11 aromatic carbocycles. The highest BCUT2D eigenvalue weighted by molar-refractivity contribution is 6.27. The zero-order chi connectivity index (χ0) is 46.3. The van der Waals surface area contributed by atoms with Crippen molar-refractivity contribution in [3.63, 3.8) is 0 Å². The van der Waals surface area contributed by atoms with E-state index >= 15 is 0 Å². The molecule has 1 heterocycles. The smallest absolute Gasteiger partial charge is 0.0541 e. The maximum Gasteiger partial charge on any atom is 0.0541 e. The van der Waals surface area contributed by atoms with Gasteiger partial charge in [-0.3, -0.25) is 0 Å². The van der Waals surface area contributed by atoms with Gasteiger partial charge in [-0.2, -0.15) is 0 Å². The van der Waals surface area contributed by atoms with Crippen LogP contribution in [0.5, 0.6) is 0 Å². The van der Waals surface area contributed by atoms with Crippen molar-refractivity contribution in [1.29, 1.82) is 0 Å². The largest absolute Gasteiger partial charge is 0.309 e. The predicted octanol–water partition coefficient (Wildman–Crippen LogP) is 18.7. The van der Waals surface area contributed by atoms with Crippen LogP contribution in [0, 0.1) is 0 Å². The van der Waals surface area contributed by atoms with Gasteiger partial charge in [-0.25, -0.2) is 0 Å². The molecule has 12 aromatic rings. The lowest BCUT2D eigenvalue weighted by Crippen LogP contribution is -2.15. The quantitative estimate of drug-likeness (QED) is 0.145. The Hall–Kier alpha value is -7.94. The normalized spacial score (nSPS) is 12.3. The highest BCUT2D eigenvalue weighted by Gasteiger charge is 2.25. The summed E-state index contributed by atoms with van der Waals surface area (Å²) in [6, 6.07) is 81.5. The Morgan fingerprint density at radius 3 is 1.43 bits per heavy atom. The third-order valence-corrected chi connectivity index (χ3v) is 14.3. The van der Waals surface area contributed by atoms with Crippen LogP contribution < -0.4 is 4.90 Å². The molecule has 0 saturated carbocycles. The number of benzene rings is 11. The van der Waals surface area contributed by atoms with Gasteiger partial charge in [-0.15, -0.1) is 0 Å². The van der Waals surface area contributed by atoms with E-state index in [1.54, 1.807) is 0 Å². The summed E-state index contributed by atoms with van der Waals surface area (Å²) < 4.78 is 2.47. The maximum absolute atomic E-state index is 2.51. The topological polar surface area (TPSA) is 8.17 Å². The van der Waals surface area contributed by atoms with Gasteiger partial charge in [0.1, 0.15) is 0 Å². The van der Waals surface area contributed by atoms with Gasteiger partial charge in [0, 0.05) is 32.8 Å². The number of para-hydroxylation sites is 2. The highest BCUT2D eigenvalue weighted by Crippen LogP contribution is 2.49. The van der Waals surface area contributed by atoms with Crippen LogP contribution in [-0.2, 0) is 10.8 Å². The molecule has 68 heavy (non-hydrogen) atoms. The summed E-state index contributed by atoms with van der Waals surface area (Å²) in [5.74, 6) is 0. The monoisotopic (exact) mass is 874 g/mol. The molecule has 0 fully saturated rings. The van der Waals surface area contributed by atoms with Crippen molar-refractivity contribution in [3.8, 4) is 39.1 Å². The third kappa shape index (κ3) is 6.86. The number of anilines is 3. The number of rotatable bonds is 7. The molecule has 328 valence electrons. The zero-order valence-corrected chi connectivity index (χ0v) is 39.7. The Balaban J connectivity index is 1.08. The number of nitrogens with zero attached hydrogens (tertiary/aromatic N) is 2. The summed E-state index contributed by atoms with van der Waals surface area (Å²) in [6.07, 6.45) is 0. The molecule has 0 saturated heterocycles. The molecular formula is C66H54N2. The van der Waals surface area contributed by atoms with Crippen molar-refractivity contribution in [2.24, 2.45) is 0 Å². The average molecular weight is 875 g/mol. The van der Waals surface area contributed by atoms with E-state index < -0.39 is 0 Å². The summed E-state index contributed by atoms with van der Waals surface area (Å²) in [4.78, 5) is 2.51. The van der Waals surface area contributed by atoms with Crippen molar-refractivity contribution >= 4 is 71.2 Å². The molecule has 0 unspecified atom stereocenters. The number of hydrogen-bond donors (Lipinski definition) is 0. The van der Waals surface area contributed by atoms with E-state index in [-0.39, 0.29) is 10.8 Å². The van der Waals surface area contributed by atoms with Crippen molar-refractivity contribution in [3.05, 3.63) is 230 Å². The second-order valence-corrected chi connectivity index (χ2v) is 20.6. The summed E-state index contributed by atoms with van der Waals surface area (Å²) in [6.45, 7) is 13.7. The fraction of sp³-hybridized carbons (Fsp3) is 0.121. The lowest BCUT2D eigenvalue weighted by atomic mass is 9.84. The molecule has 0 atom stereocenters. The van der Waals surface area contributed by atoms with Gasteiger partial charge in [0.2, 0.25) is 0 Å². The molecule has 0 bridgehead atoms. The van der Waals surface area contributed by atoms with Crippen LogP contribution in [0.15, 0.2) is 218 Å². The third-order valence-electron chi connectivity index (χ3n) is 14.3. The molecule has 0 radical (unpaired) electrons.